The van der Waals surface area contributed by atoms with E-state index in [0.717, 1.165) is 32.0 Å². The summed E-state index contributed by atoms with van der Waals surface area (Å²) in [7, 11) is 3.06. The number of rotatable bonds is 13. The molecule has 2 aliphatic heterocycles. The number of methoxy groups -OCH3 is 2. The summed E-state index contributed by atoms with van der Waals surface area (Å²) in [5.41, 5.74) is 21.5. The lowest BCUT2D eigenvalue weighted by atomic mass is 9.87. The number of halogens is 1. The molecule has 0 fully saturated rings. The van der Waals surface area contributed by atoms with E-state index in [2.05, 4.69) is 20.6 Å². The van der Waals surface area contributed by atoms with Gasteiger partial charge in [0.25, 0.3) is 11.8 Å². The number of aromatic amines is 1. The highest BCUT2D eigenvalue weighted by Gasteiger charge is 2.30. The fourth-order valence-corrected chi connectivity index (χ4v) is 12.1. The third-order valence-electron chi connectivity index (χ3n) is 14.7. The van der Waals surface area contributed by atoms with Gasteiger partial charge < -0.3 is 56.2 Å². The number of amidine groups is 1. The highest BCUT2D eigenvalue weighted by atomic mass is 32.1. The van der Waals surface area contributed by atoms with E-state index < -0.39 is 29.6 Å². The zero-order chi connectivity index (χ0) is 61.9. The number of H-pyrrole nitrogens is 1. The highest BCUT2D eigenvalue weighted by Crippen LogP contribution is 2.47. The Morgan fingerprint density at radius 2 is 1.07 bits per heavy atom. The molecule has 10 N–H and O–H groups in total. The Balaban J connectivity index is 0.000000177. The van der Waals surface area contributed by atoms with E-state index in [1.807, 2.05) is 73.1 Å². The maximum Gasteiger partial charge on any atom is 0.336 e. The lowest BCUT2D eigenvalue weighted by molar-refractivity contribution is 0.0687. The van der Waals surface area contributed by atoms with Crippen LogP contribution in [-0.2, 0) is 13.2 Å². The van der Waals surface area contributed by atoms with Crippen LogP contribution in [0.4, 0.5) is 21.7 Å². The molecule has 0 atom stereocenters. The second-order valence-electron chi connectivity index (χ2n) is 19.8. The average Bonchev–Trinajstić information content (AvgIpc) is 0.952. The highest BCUT2D eigenvalue weighted by molar-refractivity contribution is 7.13. The zero-order valence-corrected chi connectivity index (χ0v) is 49.2. The van der Waals surface area contributed by atoms with Crippen LogP contribution in [0.1, 0.15) is 72.0 Å². The first-order valence-electron chi connectivity index (χ1n) is 27.4. The van der Waals surface area contributed by atoms with Gasteiger partial charge in [0, 0.05) is 60.1 Å². The Hall–Kier alpha value is -11.1. The molecule has 11 aromatic rings. The third kappa shape index (κ3) is 11.6. The van der Waals surface area contributed by atoms with Crippen molar-refractivity contribution < 1.29 is 52.7 Å². The molecule has 0 saturated heterocycles. The number of imidazole rings is 1. The van der Waals surface area contributed by atoms with Crippen molar-refractivity contribution in [3.8, 4) is 88.4 Å². The Bertz CT molecular complexity index is 4570. The standard InChI is InChI=1S/C33H24FN3O5S.C33H24N4O5S.C2H6/c1-41-29-15-23(22-11-18-16-42-28-9-6-19(34)12-24(28)21(18)13-26(22)33(39)40)25(14-27(29)30-3-2-10-43-30)32(38)37-20-7-4-17(5-8-20)31(35)36;1-41-29-15-22(21-11-17-16-42-28-6-3-2-5-19(28)20(17)13-24(21)32(39)40)23(14-25(29)30-7-4-10-43-30)31(38)35-18-8-9-26-27(12-18)37-33(34)36-26;1-2/h2-15H,16H2,1H3,(H3,35,36)(H,37,38)(H,39,40);2-15H,16H2,1H3,(H,35,38)(H,39,40)(H3,34,36,37);1-2H3. The van der Waals surface area contributed by atoms with Crippen molar-refractivity contribution in [2.45, 2.75) is 27.1 Å². The molecule has 5 heterocycles. The summed E-state index contributed by atoms with van der Waals surface area (Å²) in [5, 5.41) is 38.0. The van der Waals surface area contributed by atoms with Gasteiger partial charge in [0.2, 0.25) is 0 Å². The van der Waals surface area contributed by atoms with Crippen LogP contribution >= 0.6 is 22.7 Å². The van der Waals surface area contributed by atoms with Crippen molar-refractivity contribution in [1.29, 1.82) is 5.41 Å². The SMILES string of the molecule is CC.COc1cc(-c2cc3c(cc2C(=O)O)-c2cc(F)ccc2OC3)c(C(=O)Nc2ccc(C(=N)N)cc2)cc1-c1cccs1.COc1cc(-c2cc3c(cc2C(=O)O)-c2ccccc2OC3)c(C(=O)Nc2ccc3nc(N)[nH]c3c2)cc1-c1cccs1. The van der Waals surface area contributed by atoms with E-state index in [9.17, 15) is 33.8 Å². The van der Waals surface area contributed by atoms with Crippen molar-refractivity contribution >= 4 is 80.6 Å². The number of anilines is 3. The predicted molar refractivity (Wildman–Crippen MR) is 342 cm³/mol. The maximum atomic E-state index is 14.2. The lowest BCUT2D eigenvalue weighted by Gasteiger charge is -2.23. The normalized spacial score (nSPS) is 11.5. The number of hydrogen-bond acceptors (Lipinski definition) is 13. The van der Waals surface area contributed by atoms with Gasteiger partial charge in [0.15, 0.2) is 5.95 Å². The van der Waals surface area contributed by atoms with E-state index in [0.29, 0.717) is 89.9 Å². The number of para-hydroxylation sites is 1. The molecule has 13 rings (SSSR count). The summed E-state index contributed by atoms with van der Waals surface area (Å²) in [6.07, 6.45) is 0. The van der Waals surface area contributed by atoms with Crippen LogP contribution in [0, 0.1) is 11.2 Å². The fourth-order valence-electron chi connectivity index (χ4n) is 10.6. The predicted octanol–water partition coefficient (Wildman–Crippen LogP) is 15.1. The zero-order valence-electron chi connectivity index (χ0n) is 47.5. The topological polar surface area (TPSA) is 274 Å². The van der Waals surface area contributed by atoms with Crippen molar-refractivity contribution in [2.75, 3.05) is 30.6 Å². The number of nitrogens with two attached hydrogens (primary N) is 2. The molecule has 88 heavy (non-hydrogen) atoms. The second-order valence-corrected chi connectivity index (χ2v) is 21.7. The second kappa shape index (κ2) is 24.9. The monoisotopic (exact) mass is 1210 g/mol. The molecule has 0 radical (unpaired) electrons. The number of hydrogen-bond donors (Lipinski definition) is 8. The minimum atomic E-state index is -1.21. The molecule has 20 heteroatoms. The molecule has 0 unspecified atom stereocenters. The molecule has 440 valence electrons. The quantitative estimate of drug-likeness (QED) is 0.0394. The number of ether oxygens (including phenoxy) is 4. The first-order valence-corrected chi connectivity index (χ1v) is 29.2. The number of carboxylic acid groups (broad SMARTS) is 2. The van der Waals surface area contributed by atoms with Crippen molar-refractivity contribution in [3.63, 3.8) is 0 Å². The van der Waals surface area contributed by atoms with Crippen LogP contribution < -0.4 is 41.0 Å². The first-order chi connectivity index (χ1) is 42.6. The minimum Gasteiger partial charge on any atom is -0.496 e. The Kier molecular flexibility index (Phi) is 16.6. The number of carboxylic acids is 2. The van der Waals surface area contributed by atoms with Crippen LogP contribution in [0.3, 0.4) is 0 Å². The lowest BCUT2D eigenvalue weighted by Crippen LogP contribution is -2.16. The minimum absolute atomic E-state index is 0.0600. The Morgan fingerprint density at radius 1 is 0.568 bits per heavy atom. The van der Waals surface area contributed by atoms with Gasteiger partial charge in [0.1, 0.15) is 47.9 Å². The van der Waals surface area contributed by atoms with Gasteiger partial charge in [-0.25, -0.2) is 19.0 Å². The van der Waals surface area contributed by atoms with Gasteiger partial charge >= 0.3 is 11.9 Å². The molecule has 2 amide bonds. The average molecular weight is 1210 g/mol. The molecule has 0 bridgehead atoms. The van der Waals surface area contributed by atoms with Crippen LogP contribution in [0.2, 0.25) is 0 Å². The van der Waals surface area contributed by atoms with Crippen LogP contribution in [0.5, 0.6) is 23.0 Å². The van der Waals surface area contributed by atoms with E-state index in [1.54, 1.807) is 92.0 Å². The van der Waals surface area contributed by atoms with E-state index >= 15 is 0 Å². The number of carbonyl (C=O) groups excluding carboxylic acids is 2. The number of nitrogen functional groups attached to an aromatic ring is 2. The maximum absolute atomic E-state index is 14.2. The van der Waals surface area contributed by atoms with Gasteiger partial charge in [-0.2, -0.15) is 0 Å². The van der Waals surface area contributed by atoms with Crippen molar-refractivity contribution in [2.24, 2.45) is 5.73 Å². The van der Waals surface area contributed by atoms with Gasteiger partial charge in [-0.15, -0.1) is 22.7 Å². The number of aromatic carboxylic acids is 2. The van der Waals surface area contributed by atoms with Crippen LogP contribution in [0.15, 0.2) is 168 Å². The number of nitrogens with one attached hydrogen (secondary N) is 4. The largest absolute Gasteiger partial charge is 0.496 e. The summed E-state index contributed by atoms with van der Waals surface area (Å²) in [4.78, 5) is 62.3. The van der Waals surface area contributed by atoms with Crippen LogP contribution in [-0.4, -0.2) is 64.0 Å². The Labute approximate surface area is 511 Å². The molecular formula is C68H54FN7O10S2. The van der Waals surface area contributed by atoms with E-state index in [-0.39, 0.29) is 52.8 Å². The Morgan fingerprint density at radius 3 is 1.59 bits per heavy atom. The molecule has 3 aromatic heterocycles. The van der Waals surface area contributed by atoms with E-state index in [1.165, 1.54) is 54.0 Å². The van der Waals surface area contributed by atoms with Gasteiger partial charge in [-0.3, -0.25) is 15.0 Å². The summed E-state index contributed by atoms with van der Waals surface area (Å²) in [6.45, 7) is 4.40. The van der Waals surface area contributed by atoms with Gasteiger partial charge in [0.05, 0.1) is 36.4 Å². The van der Waals surface area contributed by atoms with Crippen LogP contribution in [0.25, 0.3) is 76.4 Å². The van der Waals surface area contributed by atoms with Crippen molar-refractivity contribution in [1.82, 2.24) is 9.97 Å². The number of carbonyl (C=O) groups is 4. The third-order valence-corrected chi connectivity index (χ3v) is 16.5. The van der Waals surface area contributed by atoms with E-state index in [4.69, 9.17) is 35.8 Å². The van der Waals surface area contributed by atoms with Gasteiger partial charge in [-0.1, -0.05) is 44.2 Å². The number of fused-ring (bicyclic) bond motifs is 7. The van der Waals surface area contributed by atoms with Crippen molar-refractivity contribution in [3.05, 3.63) is 213 Å². The summed E-state index contributed by atoms with van der Waals surface area (Å²) >= 11 is 2.98. The molecule has 8 aromatic carbocycles. The molecule has 0 saturated carbocycles. The number of benzene rings is 8. The van der Waals surface area contributed by atoms with Gasteiger partial charge in [-0.05, 0) is 183 Å². The molecule has 2 aliphatic rings. The molecule has 17 nitrogen and oxygen atoms in total. The molecule has 0 aliphatic carbocycles. The molecule has 0 spiro atoms. The smallest absolute Gasteiger partial charge is 0.336 e. The summed E-state index contributed by atoms with van der Waals surface area (Å²) < 4.78 is 37.5. The number of aromatic nitrogens is 2. The fraction of sp³-hybridized carbons (Fsp3) is 0.0882. The number of nitrogens with zero attached hydrogens (tertiary/aromatic N) is 1. The summed E-state index contributed by atoms with van der Waals surface area (Å²) in [5.74, 6) is -1.41. The number of amides is 2. The molecular weight excluding hydrogens is 1160 g/mol. The first kappa shape index (κ1) is 58.7. The number of thiophene rings is 2. The summed E-state index contributed by atoms with van der Waals surface area (Å²) in [6, 6.07) is 44.5.